The van der Waals surface area contributed by atoms with Gasteiger partial charge in [0.1, 0.15) is 0 Å². The van der Waals surface area contributed by atoms with Gasteiger partial charge in [0.25, 0.3) is 5.91 Å². The minimum Gasteiger partial charge on any atom is -0.399 e. The summed E-state index contributed by atoms with van der Waals surface area (Å²) in [5.41, 5.74) is 7.97. The van der Waals surface area contributed by atoms with Crippen molar-refractivity contribution in [1.82, 2.24) is 5.32 Å². The normalized spacial score (nSPS) is 12.5. The van der Waals surface area contributed by atoms with E-state index in [4.69, 9.17) is 5.73 Å². The van der Waals surface area contributed by atoms with E-state index in [1.54, 1.807) is 6.07 Å². The van der Waals surface area contributed by atoms with E-state index >= 15 is 0 Å². The molecule has 0 bridgehead atoms. The van der Waals surface area contributed by atoms with Crippen LogP contribution in [0, 0.1) is 12.8 Å². The lowest BCUT2D eigenvalue weighted by Gasteiger charge is -2.16. The average Bonchev–Trinajstić information content (AvgIpc) is 2.29. The summed E-state index contributed by atoms with van der Waals surface area (Å²) in [7, 11) is 0. The van der Waals surface area contributed by atoms with Gasteiger partial charge in [-0.2, -0.15) is 0 Å². The highest BCUT2D eigenvalue weighted by Gasteiger charge is 2.12. The van der Waals surface area contributed by atoms with Crippen LogP contribution >= 0.6 is 0 Å². The quantitative estimate of drug-likeness (QED) is 0.787. The van der Waals surface area contributed by atoms with Crippen molar-refractivity contribution in [2.45, 2.75) is 46.6 Å². The Labute approximate surface area is 110 Å². The Hall–Kier alpha value is -1.51. The number of nitrogens with one attached hydrogen (secondary N) is 1. The van der Waals surface area contributed by atoms with Gasteiger partial charge in [-0.15, -0.1) is 0 Å². The smallest absolute Gasteiger partial charge is 0.251 e. The molecule has 100 valence electrons. The molecule has 0 aliphatic heterocycles. The Morgan fingerprint density at radius 3 is 2.56 bits per heavy atom. The Kier molecular flexibility index (Phi) is 5.20. The third-order valence-electron chi connectivity index (χ3n) is 3.06. The molecule has 3 nitrogen and oxygen atoms in total. The number of anilines is 1. The molecule has 0 radical (unpaired) electrons. The number of rotatable bonds is 5. The molecule has 0 heterocycles. The zero-order valence-electron chi connectivity index (χ0n) is 11.8. The molecule has 0 aliphatic rings. The first kappa shape index (κ1) is 14.6. The molecule has 0 aromatic heterocycles. The molecular formula is C15H24N2O. The van der Waals surface area contributed by atoms with Gasteiger partial charge in [0, 0.05) is 17.3 Å². The monoisotopic (exact) mass is 248 g/mol. The fourth-order valence-electron chi connectivity index (χ4n) is 1.84. The number of nitrogen functional groups attached to an aromatic ring is 1. The van der Waals surface area contributed by atoms with E-state index in [1.165, 1.54) is 0 Å². The number of aryl methyl sites for hydroxylation is 1. The third-order valence-corrected chi connectivity index (χ3v) is 3.06. The van der Waals surface area contributed by atoms with Gasteiger partial charge in [-0.1, -0.05) is 19.9 Å². The summed E-state index contributed by atoms with van der Waals surface area (Å²) in [4.78, 5) is 12.1. The second-order valence-electron chi connectivity index (χ2n) is 5.42. The summed E-state index contributed by atoms with van der Waals surface area (Å²) in [6.45, 7) is 8.35. The molecule has 1 aromatic rings. The maximum absolute atomic E-state index is 12.1. The van der Waals surface area contributed by atoms with Gasteiger partial charge in [0.15, 0.2) is 0 Å². The molecule has 1 unspecified atom stereocenters. The van der Waals surface area contributed by atoms with E-state index in [0.717, 1.165) is 18.4 Å². The Morgan fingerprint density at radius 2 is 1.94 bits per heavy atom. The fraction of sp³-hybridized carbons (Fsp3) is 0.533. The maximum atomic E-state index is 12.1. The number of benzene rings is 1. The molecule has 0 spiro atoms. The molecule has 0 fully saturated rings. The molecule has 1 amide bonds. The SMILES string of the molecule is Cc1ccc(N)cc1C(=O)NC(C)CCC(C)C. The molecule has 18 heavy (non-hydrogen) atoms. The zero-order chi connectivity index (χ0) is 13.7. The van der Waals surface area contributed by atoms with Crippen molar-refractivity contribution in [3.8, 4) is 0 Å². The first-order valence-corrected chi connectivity index (χ1v) is 6.57. The summed E-state index contributed by atoms with van der Waals surface area (Å²) in [5, 5.41) is 3.03. The van der Waals surface area contributed by atoms with Gasteiger partial charge in [-0.25, -0.2) is 0 Å². The molecule has 1 atom stereocenters. The Morgan fingerprint density at radius 1 is 1.28 bits per heavy atom. The zero-order valence-corrected chi connectivity index (χ0v) is 11.8. The number of amides is 1. The number of hydrogen-bond acceptors (Lipinski definition) is 2. The van der Waals surface area contributed by atoms with Crippen molar-refractivity contribution < 1.29 is 4.79 Å². The second-order valence-corrected chi connectivity index (χ2v) is 5.42. The van der Waals surface area contributed by atoms with Gasteiger partial charge in [0.2, 0.25) is 0 Å². The summed E-state index contributed by atoms with van der Waals surface area (Å²) in [6, 6.07) is 5.62. The summed E-state index contributed by atoms with van der Waals surface area (Å²) in [5.74, 6) is 0.634. The molecule has 0 saturated heterocycles. The summed E-state index contributed by atoms with van der Waals surface area (Å²) < 4.78 is 0. The lowest BCUT2D eigenvalue weighted by Crippen LogP contribution is -2.33. The third kappa shape index (κ3) is 4.40. The van der Waals surface area contributed by atoms with Crippen LogP contribution < -0.4 is 11.1 Å². The van der Waals surface area contributed by atoms with Crippen molar-refractivity contribution >= 4 is 11.6 Å². The van der Waals surface area contributed by atoms with Gasteiger partial charge in [-0.3, -0.25) is 4.79 Å². The average molecular weight is 248 g/mol. The molecule has 1 rings (SSSR count). The minimum atomic E-state index is -0.0314. The molecule has 1 aromatic carbocycles. The highest BCUT2D eigenvalue weighted by molar-refractivity contribution is 5.96. The van der Waals surface area contributed by atoms with Crippen LogP contribution in [0.3, 0.4) is 0 Å². The number of nitrogens with two attached hydrogens (primary N) is 1. The van der Waals surface area contributed by atoms with Gasteiger partial charge >= 0.3 is 0 Å². The standard InChI is InChI=1S/C15H24N2O/c1-10(2)5-7-12(4)17-15(18)14-9-13(16)8-6-11(14)3/h6,8-10,12H,5,7,16H2,1-4H3,(H,17,18). The molecular weight excluding hydrogens is 224 g/mol. The highest BCUT2D eigenvalue weighted by Crippen LogP contribution is 2.13. The van der Waals surface area contributed by atoms with Crippen LogP contribution in [0.5, 0.6) is 0 Å². The van der Waals surface area contributed by atoms with E-state index in [2.05, 4.69) is 19.2 Å². The van der Waals surface area contributed by atoms with Crippen LogP contribution in [0.2, 0.25) is 0 Å². The first-order valence-electron chi connectivity index (χ1n) is 6.57. The second kappa shape index (κ2) is 6.43. The van der Waals surface area contributed by atoms with Crippen molar-refractivity contribution in [2.24, 2.45) is 5.92 Å². The van der Waals surface area contributed by atoms with E-state index < -0.39 is 0 Å². The van der Waals surface area contributed by atoms with Crippen LogP contribution in [-0.2, 0) is 0 Å². The van der Waals surface area contributed by atoms with Crippen molar-refractivity contribution in [3.05, 3.63) is 29.3 Å². The van der Waals surface area contributed by atoms with Crippen LogP contribution in [0.25, 0.3) is 0 Å². The summed E-state index contributed by atoms with van der Waals surface area (Å²) in [6.07, 6.45) is 2.13. The highest BCUT2D eigenvalue weighted by atomic mass is 16.1. The van der Waals surface area contributed by atoms with Crippen LogP contribution in [0.15, 0.2) is 18.2 Å². The van der Waals surface area contributed by atoms with Crippen molar-refractivity contribution in [3.63, 3.8) is 0 Å². The maximum Gasteiger partial charge on any atom is 0.251 e. The predicted molar refractivity (Wildman–Crippen MR) is 76.6 cm³/mol. The minimum absolute atomic E-state index is 0.0314. The largest absolute Gasteiger partial charge is 0.399 e. The van der Waals surface area contributed by atoms with Crippen molar-refractivity contribution in [2.75, 3.05) is 5.73 Å². The number of hydrogen-bond donors (Lipinski definition) is 2. The Balaban J connectivity index is 2.62. The lowest BCUT2D eigenvalue weighted by molar-refractivity contribution is 0.0936. The van der Waals surface area contributed by atoms with Gasteiger partial charge in [0.05, 0.1) is 0 Å². The molecule has 0 aliphatic carbocycles. The van der Waals surface area contributed by atoms with E-state index in [-0.39, 0.29) is 11.9 Å². The van der Waals surface area contributed by atoms with Crippen LogP contribution in [0.1, 0.15) is 49.5 Å². The van der Waals surface area contributed by atoms with E-state index in [1.807, 2.05) is 26.0 Å². The number of carbonyl (C=O) groups excluding carboxylic acids is 1. The topological polar surface area (TPSA) is 55.1 Å². The summed E-state index contributed by atoms with van der Waals surface area (Å²) >= 11 is 0. The molecule has 0 saturated carbocycles. The van der Waals surface area contributed by atoms with E-state index in [9.17, 15) is 4.79 Å². The molecule has 3 N–H and O–H groups in total. The lowest BCUT2D eigenvalue weighted by atomic mass is 10.0. The van der Waals surface area contributed by atoms with Crippen molar-refractivity contribution in [1.29, 1.82) is 0 Å². The van der Waals surface area contributed by atoms with Crippen LogP contribution in [0.4, 0.5) is 5.69 Å². The predicted octanol–water partition coefficient (Wildman–Crippen LogP) is 3.13. The Bertz CT molecular complexity index is 413. The molecule has 3 heteroatoms. The van der Waals surface area contributed by atoms with Crippen LogP contribution in [-0.4, -0.2) is 11.9 Å². The van der Waals surface area contributed by atoms with Gasteiger partial charge in [-0.05, 0) is 50.3 Å². The fourth-order valence-corrected chi connectivity index (χ4v) is 1.84. The number of carbonyl (C=O) groups is 1. The first-order chi connectivity index (χ1) is 8.40. The van der Waals surface area contributed by atoms with Gasteiger partial charge < -0.3 is 11.1 Å². The van der Waals surface area contributed by atoms with E-state index in [0.29, 0.717) is 17.2 Å².